The number of nitro benzene ring substituents is 1. The third kappa shape index (κ3) is 3.37. The number of anilines is 1. The maximum atomic E-state index is 12.8. The molecule has 6 nitrogen and oxygen atoms in total. The minimum absolute atomic E-state index is 0.0702. The molecule has 0 aromatic heterocycles. The quantitative estimate of drug-likeness (QED) is 0.381. The van der Waals surface area contributed by atoms with E-state index in [2.05, 4.69) is 5.32 Å². The minimum atomic E-state index is -0.757. The zero-order chi connectivity index (χ0) is 19.7. The molecule has 0 radical (unpaired) electrons. The zero-order valence-electron chi connectivity index (χ0n) is 14.5. The molecule has 28 heavy (non-hydrogen) atoms. The summed E-state index contributed by atoms with van der Waals surface area (Å²) in [5.74, 6) is -1.03. The lowest BCUT2D eigenvalue weighted by molar-refractivity contribution is -0.384. The number of nitrogens with one attached hydrogen (secondary N) is 1. The molecule has 0 saturated carbocycles. The number of non-ortho nitro benzene ring substituents is 1. The SMILES string of the molecule is O=C1Nc2ccc([N+](=O)[O-])cc2C1C(=Nc1ccc(Cl)cc1)c1ccccc1. The molecule has 0 aliphatic carbocycles. The Balaban J connectivity index is 1.88. The van der Waals surface area contributed by atoms with Gasteiger partial charge in [0.25, 0.3) is 5.69 Å². The van der Waals surface area contributed by atoms with Gasteiger partial charge in [-0.05, 0) is 35.9 Å². The first-order valence-electron chi connectivity index (χ1n) is 8.52. The monoisotopic (exact) mass is 391 g/mol. The smallest absolute Gasteiger partial charge is 0.269 e. The molecule has 0 spiro atoms. The standard InChI is InChI=1S/C21H14ClN3O3/c22-14-6-8-15(9-7-14)23-20(13-4-2-1-3-5-13)19-17-12-16(25(27)28)10-11-18(17)24-21(19)26/h1-12,19H,(H,24,26). The van der Waals surface area contributed by atoms with Crippen LogP contribution in [0.15, 0.2) is 77.8 Å². The number of fused-ring (bicyclic) bond motifs is 1. The topological polar surface area (TPSA) is 84.6 Å². The van der Waals surface area contributed by atoms with Crippen LogP contribution in [0.3, 0.4) is 0 Å². The number of benzene rings is 3. The number of hydrogen-bond donors (Lipinski definition) is 1. The predicted octanol–water partition coefficient (Wildman–Crippen LogP) is 5.10. The third-order valence-corrected chi connectivity index (χ3v) is 4.75. The molecule has 1 aliphatic rings. The first-order valence-corrected chi connectivity index (χ1v) is 8.89. The van der Waals surface area contributed by atoms with Crippen LogP contribution in [0, 0.1) is 10.1 Å². The van der Waals surface area contributed by atoms with Crippen molar-refractivity contribution in [2.24, 2.45) is 4.99 Å². The average molecular weight is 392 g/mol. The molecule has 0 fully saturated rings. The van der Waals surface area contributed by atoms with Gasteiger partial charge in [0, 0.05) is 28.4 Å². The third-order valence-electron chi connectivity index (χ3n) is 4.50. The maximum Gasteiger partial charge on any atom is 0.269 e. The van der Waals surface area contributed by atoms with Crippen LogP contribution in [0.5, 0.6) is 0 Å². The second kappa shape index (κ2) is 7.25. The molecule has 1 heterocycles. The first-order chi connectivity index (χ1) is 13.5. The van der Waals surface area contributed by atoms with Gasteiger partial charge in [0.2, 0.25) is 5.91 Å². The highest BCUT2D eigenvalue weighted by atomic mass is 35.5. The van der Waals surface area contributed by atoms with Gasteiger partial charge in [0.1, 0.15) is 5.92 Å². The molecule has 3 aromatic rings. The van der Waals surface area contributed by atoms with E-state index in [9.17, 15) is 14.9 Å². The van der Waals surface area contributed by atoms with Crippen LogP contribution in [-0.2, 0) is 4.79 Å². The van der Waals surface area contributed by atoms with Crippen molar-refractivity contribution in [2.75, 3.05) is 5.32 Å². The molecular weight excluding hydrogens is 378 g/mol. The van der Waals surface area contributed by atoms with Crippen molar-refractivity contribution in [3.63, 3.8) is 0 Å². The zero-order valence-corrected chi connectivity index (χ0v) is 15.3. The number of hydrogen-bond acceptors (Lipinski definition) is 4. The van der Waals surface area contributed by atoms with Gasteiger partial charge in [-0.2, -0.15) is 0 Å². The van der Waals surface area contributed by atoms with E-state index in [4.69, 9.17) is 16.6 Å². The van der Waals surface area contributed by atoms with E-state index >= 15 is 0 Å². The van der Waals surface area contributed by atoms with E-state index in [1.807, 2.05) is 30.3 Å². The van der Waals surface area contributed by atoms with Crippen molar-refractivity contribution in [3.8, 4) is 0 Å². The van der Waals surface area contributed by atoms with E-state index < -0.39 is 10.8 Å². The fraction of sp³-hybridized carbons (Fsp3) is 0.0476. The van der Waals surface area contributed by atoms with Gasteiger partial charge in [-0.3, -0.25) is 19.9 Å². The molecule has 0 bridgehead atoms. The predicted molar refractivity (Wildman–Crippen MR) is 109 cm³/mol. The van der Waals surface area contributed by atoms with Crippen LogP contribution in [0.2, 0.25) is 5.02 Å². The van der Waals surface area contributed by atoms with E-state index in [1.165, 1.54) is 12.1 Å². The van der Waals surface area contributed by atoms with Crippen LogP contribution >= 0.6 is 11.6 Å². The van der Waals surface area contributed by atoms with Crippen LogP contribution in [0.4, 0.5) is 17.1 Å². The summed E-state index contributed by atoms with van der Waals surface area (Å²) in [6.45, 7) is 0. The molecule has 3 aromatic carbocycles. The average Bonchev–Trinajstić information content (AvgIpc) is 3.03. The molecule has 1 N–H and O–H groups in total. The largest absolute Gasteiger partial charge is 0.325 e. The van der Waals surface area contributed by atoms with Crippen molar-refractivity contribution in [2.45, 2.75) is 5.92 Å². The van der Waals surface area contributed by atoms with Crippen LogP contribution < -0.4 is 5.32 Å². The van der Waals surface area contributed by atoms with E-state index in [0.29, 0.717) is 27.7 Å². The number of nitro groups is 1. The molecule has 1 atom stereocenters. The second-order valence-electron chi connectivity index (χ2n) is 6.29. The lowest BCUT2D eigenvalue weighted by Gasteiger charge is -2.14. The lowest BCUT2D eigenvalue weighted by Crippen LogP contribution is -2.22. The number of carbonyl (C=O) groups is 1. The van der Waals surface area contributed by atoms with Gasteiger partial charge < -0.3 is 5.32 Å². The van der Waals surface area contributed by atoms with E-state index in [0.717, 1.165) is 5.56 Å². The lowest BCUT2D eigenvalue weighted by atomic mass is 9.90. The van der Waals surface area contributed by atoms with Gasteiger partial charge in [-0.15, -0.1) is 0 Å². The highest BCUT2D eigenvalue weighted by molar-refractivity contribution is 6.30. The van der Waals surface area contributed by atoms with Crippen LogP contribution in [0.25, 0.3) is 0 Å². The fourth-order valence-electron chi connectivity index (χ4n) is 3.19. The number of carbonyl (C=O) groups excluding carboxylic acids is 1. The van der Waals surface area contributed by atoms with Gasteiger partial charge in [-0.1, -0.05) is 41.9 Å². The number of nitrogens with zero attached hydrogens (tertiary/aromatic N) is 2. The van der Waals surface area contributed by atoms with E-state index in [-0.39, 0.29) is 11.6 Å². The summed E-state index contributed by atoms with van der Waals surface area (Å²) in [6.07, 6.45) is 0. The van der Waals surface area contributed by atoms with Crippen molar-refractivity contribution >= 4 is 40.3 Å². The highest BCUT2D eigenvalue weighted by Crippen LogP contribution is 2.38. The van der Waals surface area contributed by atoms with Crippen molar-refractivity contribution in [1.29, 1.82) is 0 Å². The molecule has 0 saturated heterocycles. The summed E-state index contributed by atoms with van der Waals surface area (Å²) in [5.41, 5.74) is 2.93. The molecule has 4 rings (SSSR count). The molecule has 138 valence electrons. The van der Waals surface area contributed by atoms with E-state index in [1.54, 1.807) is 30.3 Å². The second-order valence-corrected chi connectivity index (χ2v) is 6.73. The Morgan fingerprint density at radius 2 is 1.75 bits per heavy atom. The highest BCUT2D eigenvalue weighted by Gasteiger charge is 2.36. The van der Waals surface area contributed by atoms with Gasteiger partial charge in [0.15, 0.2) is 0 Å². The van der Waals surface area contributed by atoms with Gasteiger partial charge >= 0.3 is 0 Å². The number of halogens is 1. The summed E-state index contributed by atoms with van der Waals surface area (Å²) in [6, 6.07) is 20.6. The first kappa shape index (κ1) is 17.9. The Labute approximate surface area is 165 Å². The van der Waals surface area contributed by atoms with Crippen molar-refractivity contribution in [3.05, 3.63) is 99.1 Å². The van der Waals surface area contributed by atoms with Crippen LogP contribution in [0.1, 0.15) is 17.0 Å². The Hall–Kier alpha value is -3.51. The molecule has 7 heteroatoms. The number of rotatable bonds is 4. The number of aliphatic imine (C=N–C) groups is 1. The van der Waals surface area contributed by atoms with Crippen molar-refractivity contribution < 1.29 is 9.72 Å². The summed E-state index contributed by atoms with van der Waals surface area (Å²) < 4.78 is 0. The Bertz CT molecular complexity index is 1100. The maximum absolute atomic E-state index is 12.8. The summed E-state index contributed by atoms with van der Waals surface area (Å²) in [7, 11) is 0. The minimum Gasteiger partial charge on any atom is -0.325 e. The number of amides is 1. The van der Waals surface area contributed by atoms with Gasteiger partial charge in [0.05, 0.1) is 16.3 Å². The molecule has 1 unspecified atom stereocenters. The Morgan fingerprint density at radius 3 is 2.43 bits per heavy atom. The van der Waals surface area contributed by atoms with Crippen LogP contribution in [-0.4, -0.2) is 16.5 Å². The normalized spacial score (nSPS) is 15.8. The van der Waals surface area contributed by atoms with Crippen molar-refractivity contribution in [1.82, 2.24) is 0 Å². The van der Waals surface area contributed by atoms with Gasteiger partial charge in [-0.25, -0.2) is 0 Å². The Kier molecular flexibility index (Phi) is 4.63. The molecular formula is C21H14ClN3O3. The Morgan fingerprint density at radius 1 is 1.04 bits per heavy atom. The summed E-state index contributed by atoms with van der Waals surface area (Å²) >= 11 is 5.95. The molecule has 1 amide bonds. The summed E-state index contributed by atoms with van der Waals surface area (Å²) in [5, 5.41) is 14.6. The fourth-order valence-corrected chi connectivity index (χ4v) is 3.32. The summed E-state index contributed by atoms with van der Waals surface area (Å²) in [4.78, 5) is 28.2. The molecule has 1 aliphatic heterocycles.